The summed E-state index contributed by atoms with van der Waals surface area (Å²) in [4.78, 5) is 7.51. The Labute approximate surface area is 252 Å². The lowest BCUT2D eigenvalue weighted by Crippen LogP contribution is -2.57. The van der Waals surface area contributed by atoms with Crippen molar-refractivity contribution >= 4 is 19.2 Å². The Balaban J connectivity index is 1.52. The molecule has 0 amide bonds. The fraction of sp³-hybridized carbons (Fsp3) is 0.694. The highest BCUT2D eigenvalue weighted by molar-refractivity contribution is 6.74. The van der Waals surface area contributed by atoms with Crippen LogP contribution >= 0.6 is 0 Å². The van der Waals surface area contributed by atoms with Crippen LogP contribution in [0.15, 0.2) is 43.1 Å². The van der Waals surface area contributed by atoms with Gasteiger partial charge in [0.1, 0.15) is 5.75 Å². The van der Waals surface area contributed by atoms with Crippen molar-refractivity contribution in [2.75, 3.05) is 20.2 Å². The lowest BCUT2D eigenvalue weighted by molar-refractivity contribution is -0.0521. The van der Waals surface area contributed by atoms with Crippen LogP contribution in [0, 0.1) is 11.8 Å². The third-order valence-electron chi connectivity index (χ3n) is 10.9. The van der Waals surface area contributed by atoms with E-state index < -0.39 is 8.32 Å². The topological polar surface area (TPSA) is 34.6 Å². The number of methoxy groups -OCH3 is 1. The molecule has 3 fully saturated rings. The number of benzene rings is 1. The Bertz CT molecular complexity index is 1120. The van der Waals surface area contributed by atoms with E-state index in [9.17, 15) is 0 Å². The number of hydrogen-bond acceptors (Lipinski definition) is 4. The summed E-state index contributed by atoms with van der Waals surface area (Å²) in [5.41, 5.74) is 2.33. The fourth-order valence-electron chi connectivity index (χ4n) is 7.35. The van der Waals surface area contributed by atoms with Crippen molar-refractivity contribution in [3.05, 3.63) is 48.7 Å². The van der Waals surface area contributed by atoms with Crippen molar-refractivity contribution in [2.45, 2.75) is 128 Å². The average molecular weight is 579 g/mol. The van der Waals surface area contributed by atoms with Crippen LogP contribution in [-0.2, 0) is 4.43 Å². The van der Waals surface area contributed by atoms with Crippen molar-refractivity contribution in [1.82, 2.24) is 9.88 Å². The molecule has 4 heterocycles. The lowest BCUT2D eigenvalue weighted by Gasteiger charge is -2.54. The van der Waals surface area contributed by atoms with Gasteiger partial charge in [-0.3, -0.25) is 9.88 Å². The van der Waals surface area contributed by atoms with Gasteiger partial charge in [0.05, 0.1) is 18.7 Å². The number of allylic oxidation sites excluding steroid dienone is 1. The summed E-state index contributed by atoms with van der Waals surface area (Å²) in [5, 5.41) is 1.38. The normalized spacial score (nSPS) is 23.6. The zero-order chi connectivity index (χ0) is 29.5. The van der Waals surface area contributed by atoms with E-state index in [1.165, 1.54) is 94.7 Å². The number of pyridine rings is 1. The number of rotatable bonds is 17. The summed E-state index contributed by atoms with van der Waals surface area (Å²) in [5.74, 6) is 2.54. The second kappa shape index (κ2) is 14.7. The van der Waals surface area contributed by atoms with E-state index in [-0.39, 0.29) is 11.1 Å². The molecule has 2 bridgehead atoms. The second-order valence-electron chi connectivity index (χ2n) is 14.0. The third kappa shape index (κ3) is 7.83. The molecule has 0 N–H and O–H groups in total. The van der Waals surface area contributed by atoms with Crippen molar-refractivity contribution in [2.24, 2.45) is 11.8 Å². The molecule has 3 aliphatic heterocycles. The molecular formula is C36H58N2O2Si. The van der Waals surface area contributed by atoms with Crippen LogP contribution in [0.3, 0.4) is 0 Å². The number of unbranched alkanes of at least 4 members (excludes halogenated alkanes) is 7. The standard InChI is InChI=1S/C36H58N2O2Si/c1-8-10-11-12-13-14-15-16-17-22-36(3,4)41(6,7)40-35(34-25-29-21-24-38(34)27-28(29)9-2)31-20-23-37-33-19-18-30(39-5)26-32(31)33/h8,18-20,23,26,28-29,34-35H,1,9-17,21-22,24-25,27H2,2-7H3/t28-,29-,34+,35-/m0/s1. The molecular weight excluding hydrogens is 520 g/mol. The highest BCUT2D eigenvalue weighted by Crippen LogP contribution is 2.49. The smallest absolute Gasteiger partial charge is 0.193 e. The van der Waals surface area contributed by atoms with Gasteiger partial charge in [-0.2, -0.15) is 0 Å². The highest BCUT2D eigenvalue weighted by atomic mass is 28.4. The Morgan fingerprint density at radius 3 is 2.49 bits per heavy atom. The lowest BCUT2D eigenvalue weighted by atomic mass is 9.72. The van der Waals surface area contributed by atoms with Crippen molar-refractivity contribution in [3.8, 4) is 5.75 Å². The van der Waals surface area contributed by atoms with E-state index in [1.54, 1.807) is 7.11 Å². The summed E-state index contributed by atoms with van der Waals surface area (Å²) in [6.07, 6.45) is 19.8. The van der Waals surface area contributed by atoms with Gasteiger partial charge in [-0.25, -0.2) is 0 Å². The van der Waals surface area contributed by atoms with Gasteiger partial charge in [0.15, 0.2) is 8.32 Å². The SMILES string of the molecule is C=CCCCCCCCCCC(C)(C)[Si](C)(C)O[C@@H](c1ccnc2ccc(OC)cc12)[C@H]1C[C@@H]2CCN1C[C@@H]2CC. The third-order valence-corrected chi connectivity index (χ3v) is 15.2. The zero-order valence-electron chi connectivity index (χ0n) is 27.1. The van der Waals surface area contributed by atoms with Crippen molar-refractivity contribution in [3.63, 3.8) is 0 Å². The van der Waals surface area contributed by atoms with E-state index in [4.69, 9.17) is 14.1 Å². The minimum atomic E-state index is -2.10. The maximum Gasteiger partial charge on any atom is 0.193 e. The first-order chi connectivity index (χ1) is 19.7. The molecule has 228 valence electrons. The first kappa shape index (κ1) is 32.2. The van der Waals surface area contributed by atoms with E-state index >= 15 is 0 Å². The van der Waals surface area contributed by atoms with Gasteiger partial charge < -0.3 is 9.16 Å². The minimum absolute atomic E-state index is 0.0599. The molecule has 5 heteroatoms. The molecule has 1 unspecified atom stereocenters. The van der Waals surface area contributed by atoms with E-state index in [2.05, 4.69) is 63.5 Å². The quantitative estimate of drug-likeness (QED) is 0.106. The Kier molecular flexibility index (Phi) is 11.5. The van der Waals surface area contributed by atoms with Crippen LogP contribution in [0.4, 0.5) is 0 Å². The van der Waals surface area contributed by atoms with Crippen LogP contribution in [0.1, 0.15) is 109 Å². The first-order valence-corrected chi connectivity index (χ1v) is 19.6. The molecule has 2 aromatic rings. The Morgan fingerprint density at radius 1 is 1.10 bits per heavy atom. The number of ether oxygens (including phenoxy) is 1. The summed E-state index contributed by atoms with van der Waals surface area (Å²) < 4.78 is 13.2. The maximum absolute atomic E-state index is 7.59. The monoisotopic (exact) mass is 578 g/mol. The average Bonchev–Trinajstić information content (AvgIpc) is 2.98. The van der Waals surface area contributed by atoms with E-state index in [0.29, 0.717) is 6.04 Å². The molecule has 5 atom stereocenters. The van der Waals surface area contributed by atoms with Crippen molar-refractivity contribution < 1.29 is 9.16 Å². The Hall–Kier alpha value is -1.69. The predicted octanol–water partition coefficient (Wildman–Crippen LogP) is 10.1. The van der Waals surface area contributed by atoms with Gasteiger partial charge in [0, 0.05) is 24.2 Å². The minimum Gasteiger partial charge on any atom is -0.497 e. The van der Waals surface area contributed by atoms with Gasteiger partial charge in [-0.15, -0.1) is 6.58 Å². The molecule has 1 aromatic carbocycles. The van der Waals surface area contributed by atoms with E-state index in [1.807, 2.05) is 18.3 Å². The molecule has 1 aromatic heterocycles. The molecule has 0 spiro atoms. The molecule has 41 heavy (non-hydrogen) atoms. The van der Waals surface area contributed by atoms with Crippen LogP contribution in [-0.4, -0.2) is 44.4 Å². The number of hydrogen-bond donors (Lipinski definition) is 0. The zero-order valence-corrected chi connectivity index (χ0v) is 28.1. The molecule has 3 saturated heterocycles. The van der Waals surface area contributed by atoms with Crippen LogP contribution < -0.4 is 4.74 Å². The van der Waals surface area contributed by atoms with Gasteiger partial charge in [0.25, 0.3) is 0 Å². The number of fused-ring (bicyclic) bond motifs is 4. The summed E-state index contributed by atoms with van der Waals surface area (Å²) in [6.45, 7) is 18.6. The molecule has 5 rings (SSSR count). The number of aromatic nitrogens is 1. The van der Waals surface area contributed by atoms with Crippen LogP contribution in [0.2, 0.25) is 18.1 Å². The Morgan fingerprint density at radius 2 is 1.83 bits per heavy atom. The van der Waals surface area contributed by atoms with Gasteiger partial charge >= 0.3 is 0 Å². The van der Waals surface area contributed by atoms with Gasteiger partial charge in [-0.1, -0.05) is 71.8 Å². The van der Waals surface area contributed by atoms with Gasteiger partial charge in [0.2, 0.25) is 0 Å². The predicted molar refractivity (Wildman–Crippen MR) is 177 cm³/mol. The summed E-state index contributed by atoms with van der Waals surface area (Å²) >= 11 is 0. The number of piperidine rings is 3. The first-order valence-electron chi connectivity index (χ1n) is 16.7. The molecule has 0 radical (unpaired) electrons. The van der Waals surface area contributed by atoms with Crippen molar-refractivity contribution in [1.29, 1.82) is 0 Å². The largest absolute Gasteiger partial charge is 0.497 e. The fourth-order valence-corrected chi connectivity index (χ4v) is 9.36. The summed E-state index contributed by atoms with van der Waals surface area (Å²) in [6, 6.07) is 8.96. The molecule has 3 aliphatic rings. The van der Waals surface area contributed by atoms with Crippen LogP contribution in [0.5, 0.6) is 5.75 Å². The summed E-state index contributed by atoms with van der Waals surface area (Å²) in [7, 11) is -0.348. The number of nitrogens with zero attached hydrogens (tertiary/aromatic N) is 2. The van der Waals surface area contributed by atoms with E-state index in [0.717, 1.165) is 29.5 Å². The molecule has 0 saturated carbocycles. The second-order valence-corrected chi connectivity index (χ2v) is 18.6. The molecule has 4 nitrogen and oxygen atoms in total. The van der Waals surface area contributed by atoms with Crippen LogP contribution in [0.25, 0.3) is 10.9 Å². The highest BCUT2D eigenvalue weighted by Gasteiger charge is 2.48. The maximum atomic E-state index is 7.59. The van der Waals surface area contributed by atoms with Gasteiger partial charge in [-0.05, 0) is 98.4 Å². The molecule has 0 aliphatic carbocycles.